The highest BCUT2D eigenvalue weighted by atomic mass is 16.5. The normalized spacial score (nSPS) is 11.0. The number of nitrogens with zero attached hydrogens (tertiary/aromatic N) is 1. The molecule has 0 spiro atoms. The van der Waals surface area contributed by atoms with Gasteiger partial charge in [0.15, 0.2) is 12.2 Å². The van der Waals surface area contributed by atoms with Crippen molar-refractivity contribution in [2.45, 2.75) is 0 Å². The minimum absolute atomic E-state index is 0.355. The summed E-state index contributed by atoms with van der Waals surface area (Å²) in [6, 6.07) is 18.9. The molecule has 0 radical (unpaired) electrons. The average molecular weight is 319 g/mol. The van der Waals surface area contributed by atoms with Crippen molar-refractivity contribution in [2.24, 2.45) is 0 Å². The third-order valence-corrected chi connectivity index (χ3v) is 3.71. The van der Waals surface area contributed by atoms with Crippen LogP contribution in [0.15, 0.2) is 65.1 Å². The van der Waals surface area contributed by atoms with Crippen molar-refractivity contribution in [1.82, 2.24) is 4.98 Å². The van der Waals surface area contributed by atoms with Gasteiger partial charge in [-0.15, -0.1) is 0 Å². The van der Waals surface area contributed by atoms with E-state index >= 15 is 0 Å². The van der Waals surface area contributed by atoms with Gasteiger partial charge in [-0.05, 0) is 47.2 Å². The number of carboxylic acid groups (broad SMARTS) is 1. The molecule has 24 heavy (non-hydrogen) atoms. The molecule has 5 heteroatoms. The summed E-state index contributed by atoms with van der Waals surface area (Å²) in [4.78, 5) is 15.1. The molecule has 0 saturated carbocycles. The van der Waals surface area contributed by atoms with E-state index in [1.165, 1.54) is 0 Å². The van der Waals surface area contributed by atoms with Crippen LogP contribution in [0.3, 0.4) is 0 Å². The number of hydrogen-bond donors (Lipinski definition) is 1. The summed E-state index contributed by atoms with van der Waals surface area (Å²) in [5, 5.41) is 10.6. The van der Waals surface area contributed by atoms with Crippen molar-refractivity contribution in [3.05, 3.63) is 60.7 Å². The predicted octanol–water partition coefficient (Wildman–Crippen LogP) is 4.11. The van der Waals surface area contributed by atoms with E-state index in [0.29, 0.717) is 11.6 Å². The predicted molar refractivity (Wildman–Crippen MR) is 90.1 cm³/mol. The van der Waals surface area contributed by atoms with Crippen molar-refractivity contribution in [2.75, 3.05) is 6.61 Å². The van der Waals surface area contributed by atoms with Gasteiger partial charge in [0.1, 0.15) is 11.3 Å². The first kappa shape index (κ1) is 14.3. The van der Waals surface area contributed by atoms with Crippen molar-refractivity contribution in [3.63, 3.8) is 0 Å². The second kappa shape index (κ2) is 5.70. The van der Waals surface area contributed by atoms with Gasteiger partial charge in [0, 0.05) is 5.56 Å². The van der Waals surface area contributed by atoms with Gasteiger partial charge in [0.05, 0.1) is 0 Å². The Hall–Kier alpha value is -3.34. The summed E-state index contributed by atoms with van der Waals surface area (Å²) in [6.45, 7) is -0.355. The summed E-state index contributed by atoms with van der Waals surface area (Å²) in [5.74, 6) is 0.102. The maximum absolute atomic E-state index is 10.6. The van der Waals surface area contributed by atoms with Gasteiger partial charge in [-0.1, -0.05) is 24.3 Å². The lowest BCUT2D eigenvalue weighted by atomic mass is 10.1. The summed E-state index contributed by atoms with van der Waals surface area (Å²) >= 11 is 0. The molecule has 0 amide bonds. The first-order valence-electron chi connectivity index (χ1n) is 7.43. The standard InChI is InChI=1S/C19H13NO4/c21-18(22)11-23-15-8-7-12-9-14(6-5-13(12)10-15)19-20-16-3-1-2-4-17(16)24-19/h1-10H,11H2,(H,21,22). The highest BCUT2D eigenvalue weighted by Gasteiger charge is 2.09. The fourth-order valence-corrected chi connectivity index (χ4v) is 2.59. The van der Waals surface area contributed by atoms with Crippen LogP contribution in [-0.4, -0.2) is 22.7 Å². The third-order valence-electron chi connectivity index (χ3n) is 3.71. The molecule has 1 aromatic heterocycles. The van der Waals surface area contributed by atoms with Crippen LogP contribution in [0.25, 0.3) is 33.3 Å². The Morgan fingerprint density at radius 3 is 2.67 bits per heavy atom. The summed E-state index contributed by atoms with van der Waals surface area (Å²) < 4.78 is 11.0. The summed E-state index contributed by atoms with van der Waals surface area (Å²) in [7, 11) is 0. The number of hydrogen-bond acceptors (Lipinski definition) is 4. The van der Waals surface area contributed by atoms with Crippen molar-refractivity contribution in [3.8, 4) is 17.2 Å². The maximum Gasteiger partial charge on any atom is 0.341 e. The fourth-order valence-electron chi connectivity index (χ4n) is 2.59. The van der Waals surface area contributed by atoms with Crippen LogP contribution in [0.1, 0.15) is 0 Å². The first-order valence-corrected chi connectivity index (χ1v) is 7.43. The number of para-hydroxylation sites is 2. The van der Waals surface area contributed by atoms with Crippen LogP contribution in [0.4, 0.5) is 0 Å². The molecule has 0 fully saturated rings. The number of benzene rings is 3. The van der Waals surface area contributed by atoms with Gasteiger partial charge >= 0.3 is 5.97 Å². The van der Waals surface area contributed by atoms with Gasteiger partial charge < -0.3 is 14.3 Å². The number of ether oxygens (including phenoxy) is 1. The Morgan fingerprint density at radius 1 is 1.04 bits per heavy atom. The molecular weight excluding hydrogens is 306 g/mol. The maximum atomic E-state index is 10.6. The molecule has 118 valence electrons. The van der Waals surface area contributed by atoms with E-state index in [-0.39, 0.29) is 6.61 Å². The van der Waals surface area contributed by atoms with E-state index in [2.05, 4.69) is 4.98 Å². The largest absolute Gasteiger partial charge is 0.482 e. The summed E-state index contributed by atoms with van der Waals surface area (Å²) in [6.07, 6.45) is 0. The Labute approximate surface area is 137 Å². The smallest absolute Gasteiger partial charge is 0.341 e. The number of rotatable bonds is 4. The molecule has 0 atom stereocenters. The topological polar surface area (TPSA) is 72.6 Å². The Bertz CT molecular complexity index is 1020. The number of aromatic nitrogens is 1. The van der Waals surface area contributed by atoms with Gasteiger partial charge in [0.25, 0.3) is 0 Å². The van der Waals surface area contributed by atoms with E-state index < -0.39 is 5.97 Å². The monoisotopic (exact) mass is 319 g/mol. The fraction of sp³-hybridized carbons (Fsp3) is 0.0526. The molecule has 4 rings (SSSR count). The zero-order valence-corrected chi connectivity index (χ0v) is 12.6. The van der Waals surface area contributed by atoms with E-state index in [9.17, 15) is 4.79 Å². The van der Waals surface area contributed by atoms with Crippen LogP contribution in [-0.2, 0) is 4.79 Å². The van der Waals surface area contributed by atoms with Crippen LogP contribution in [0.2, 0.25) is 0 Å². The molecule has 1 N–H and O–H groups in total. The van der Waals surface area contributed by atoms with Gasteiger partial charge in [-0.25, -0.2) is 9.78 Å². The number of oxazole rings is 1. The molecular formula is C19H13NO4. The zero-order valence-electron chi connectivity index (χ0n) is 12.6. The zero-order chi connectivity index (χ0) is 16.5. The average Bonchev–Trinajstić information content (AvgIpc) is 3.03. The van der Waals surface area contributed by atoms with Crippen molar-refractivity contribution >= 4 is 27.8 Å². The Kier molecular flexibility index (Phi) is 3.39. The number of carboxylic acids is 1. The number of aliphatic carboxylic acids is 1. The van der Waals surface area contributed by atoms with E-state index in [4.69, 9.17) is 14.3 Å². The minimum atomic E-state index is -0.999. The lowest BCUT2D eigenvalue weighted by Gasteiger charge is -2.05. The highest BCUT2D eigenvalue weighted by Crippen LogP contribution is 2.28. The molecule has 1 heterocycles. The Morgan fingerprint density at radius 2 is 1.83 bits per heavy atom. The van der Waals surface area contributed by atoms with Gasteiger partial charge in [-0.2, -0.15) is 0 Å². The molecule has 0 bridgehead atoms. The molecule has 5 nitrogen and oxygen atoms in total. The first-order chi connectivity index (χ1) is 11.7. The Balaban J connectivity index is 1.70. The molecule has 3 aromatic carbocycles. The molecule has 0 aliphatic carbocycles. The van der Waals surface area contributed by atoms with Crippen molar-refractivity contribution < 1.29 is 19.1 Å². The molecule has 0 aliphatic rings. The summed E-state index contributed by atoms with van der Waals surface area (Å²) in [5.41, 5.74) is 2.47. The second-order valence-electron chi connectivity index (χ2n) is 5.39. The van der Waals surface area contributed by atoms with Gasteiger partial charge in [0.2, 0.25) is 5.89 Å². The molecule has 0 aliphatic heterocycles. The van der Waals surface area contributed by atoms with E-state index in [1.807, 2.05) is 54.6 Å². The SMILES string of the molecule is O=C(O)COc1ccc2cc(-c3nc4ccccc4o3)ccc2c1. The van der Waals surface area contributed by atoms with Gasteiger partial charge in [-0.3, -0.25) is 0 Å². The van der Waals surface area contributed by atoms with Crippen LogP contribution < -0.4 is 4.74 Å². The molecule has 0 unspecified atom stereocenters. The van der Waals surface area contributed by atoms with Crippen LogP contribution in [0.5, 0.6) is 5.75 Å². The minimum Gasteiger partial charge on any atom is -0.482 e. The molecule has 4 aromatic rings. The third kappa shape index (κ3) is 2.67. The quantitative estimate of drug-likeness (QED) is 0.613. The van der Waals surface area contributed by atoms with Crippen molar-refractivity contribution in [1.29, 1.82) is 0 Å². The highest BCUT2D eigenvalue weighted by molar-refractivity contribution is 5.88. The second-order valence-corrected chi connectivity index (χ2v) is 5.39. The van der Waals surface area contributed by atoms with Crippen LogP contribution >= 0.6 is 0 Å². The van der Waals surface area contributed by atoms with Crippen LogP contribution in [0, 0.1) is 0 Å². The number of carbonyl (C=O) groups is 1. The van der Waals surface area contributed by atoms with E-state index in [0.717, 1.165) is 27.4 Å². The van der Waals surface area contributed by atoms with E-state index in [1.54, 1.807) is 6.07 Å². The lowest BCUT2D eigenvalue weighted by Crippen LogP contribution is -2.09. The lowest BCUT2D eigenvalue weighted by molar-refractivity contribution is -0.139. The number of fused-ring (bicyclic) bond motifs is 2. The molecule has 0 saturated heterocycles.